The lowest BCUT2D eigenvalue weighted by Crippen LogP contribution is -2.49. The van der Waals surface area contributed by atoms with Crippen LogP contribution in [0.2, 0.25) is 5.02 Å². The number of anilines is 1. The minimum atomic E-state index is 0.507. The minimum absolute atomic E-state index is 0.507. The van der Waals surface area contributed by atoms with Gasteiger partial charge in [-0.1, -0.05) is 50.1 Å². The van der Waals surface area contributed by atoms with Crippen LogP contribution in [0.25, 0.3) is 5.57 Å². The fourth-order valence-electron chi connectivity index (χ4n) is 3.71. The average Bonchev–Trinajstić information content (AvgIpc) is 2.71. The summed E-state index contributed by atoms with van der Waals surface area (Å²) in [4.78, 5) is 11.3. The van der Waals surface area contributed by atoms with Gasteiger partial charge in [-0.2, -0.15) is 0 Å². The Kier molecular flexibility index (Phi) is 9.62. The maximum Gasteiger partial charge on any atom is 0.139 e. The quantitative estimate of drug-likeness (QED) is 0.682. The number of allylic oxidation sites excluding steroid dienone is 2. The molecular weight excluding hydrogens is 380 g/mol. The number of nitrogens with one attached hydrogen (secondary N) is 1. The molecule has 4 nitrogen and oxygen atoms in total. The van der Waals surface area contributed by atoms with Crippen LogP contribution in [-0.4, -0.2) is 35.6 Å². The third-order valence-electron chi connectivity index (χ3n) is 5.16. The van der Waals surface area contributed by atoms with E-state index in [-0.39, 0.29) is 0 Å². The Labute approximate surface area is 181 Å². The van der Waals surface area contributed by atoms with Gasteiger partial charge in [-0.3, -0.25) is 0 Å². The second-order valence-corrected chi connectivity index (χ2v) is 7.94. The van der Waals surface area contributed by atoms with Gasteiger partial charge in [0.05, 0.1) is 5.69 Å². The molecule has 0 spiro atoms. The van der Waals surface area contributed by atoms with E-state index in [9.17, 15) is 0 Å². The van der Waals surface area contributed by atoms with Gasteiger partial charge in [-0.25, -0.2) is 9.97 Å². The maximum atomic E-state index is 5.78. The van der Waals surface area contributed by atoms with Crippen LogP contribution in [0.4, 0.5) is 5.82 Å². The molecule has 0 amide bonds. The number of rotatable bonds is 5. The van der Waals surface area contributed by atoms with Crippen molar-refractivity contribution >= 4 is 23.0 Å². The predicted octanol–water partition coefficient (Wildman–Crippen LogP) is 5.69. The number of piperazine rings is 1. The van der Waals surface area contributed by atoms with E-state index in [4.69, 9.17) is 11.6 Å². The van der Waals surface area contributed by atoms with E-state index in [1.54, 1.807) is 6.33 Å². The molecule has 1 aliphatic heterocycles. The van der Waals surface area contributed by atoms with E-state index < -0.39 is 0 Å². The highest BCUT2D eigenvalue weighted by Crippen LogP contribution is 2.29. The maximum absolute atomic E-state index is 5.78. The lowest BCUT2D eigenvalue weighted by molar-refractivity contribution is 0.482. The summed E-state index contributed by atoms with van der Waals surface area (Å²) < 4.78 is 0. The molecule has 1 unspecified atom stereocenters. The molecule has 1 fully saturated rings. The van der Waals surface area contributed by atoms with Crippen molar-refractivity contribution in [3.05, 3.63) is 58.5 Å². The first-order valence-corrected chi connectivity index (χ1v) is 11.1. The molecule has 0 radical (unpaired) electrons. The van der Waals surface area contributed by atoms with E-state index in [2.05, 4.69) is 66.9 Å². The van der Waals surface area contributed by atoms with Gasteiger partial charge in [0, 0.05) is 36.3 Å². The molecule has 5 heteroatoms. The summed E-state index contributed by atoms with van der Waals surface area (Å²) in [6.07, 6.45) is 7.19. The van der Waals surface area contributed by atoms with E-state index in [0.29, 0.717) is 6.04 Å². The number of aromatic nitrogens is 2. The Hall–Kier alpha value is -1.91. The van der Waals surface area contributed by atoms with Crippen LogP contribution in [0.1, 0.15) is 57.4 Å². The van der Waals surface area contributed by atoms with Crippen LogP contribution in [-0.2, 0) is 6.42 Å². The molecule has 0 aliphatic carbocycles. The molecule has 1 atom stereocenters. The monoisotopic (exact) mass is 414 g/mol. The number of hydrogen-bond acceptors (Lipinski definition) is 4. The first-order chi connectivity index (χ1) is 14.0. The zero-order valence-corrected chi connectivity index (χ0v) is 19.3. The van der Waals surface area contributed by atoms with Gasteiger partial charge >= 0.3 is 0 Å². The van der Waals surface area contributed by atoms with E-state index >= 15 is 0 Å². The third-order valence-corrected chi connectivity index (χ3v) is 5.40. The molecule has 2 heterocycles. The highest BCUT2D eigenvalue weighted by atomic mass is 35.5. The third kappa shape index (κ3) is 6.83. The van der Waals surface area contributed by atoms with Crippen LogP contribution < -0.4 is 10.2 Å². The summed E-state index contributed by atoms with van der Waals surface area (Å²) in [5, 5.41) is 4.31. The first kappa shape index (κ1) is 23.4. The summed E-state index contributed by atoms with van der Waals surface area (Å²) >= 11 is 5.78. The summed E-state index contributed by atoms with van der Waals surface area (Å²) in [6, 6.07) is 8.53. The first-order valence-electron chi connectivity index (χ1n) is 10.7. The fraction of sp³-hybridized carbons (Fsp3) is 0.500. The second kappa shape index (κ2) is 11.9. The highest BCUT2D eigenvalue weighted by molar-refractivity contribution is 6.30. The van der Waals surface area contributed by atoms with Crippen LogP contribution in [0.15, 0.2) is 36.7 Å². The number of hydrogen-bond donors (Lipinski definition) is 1. The number of nitrogens with zero attached hydrogens (tertiary/aromatic N) is 3. The molecule has 3 rings (SSSR count). The van der Waals surface area contributed by atoms with E-state index in [1.807, 2.05) is 18.2 Å². The normalized spacial score (nSPS) is 17.0. The zero-order chi connectivity index (χ0) is 21.2. The van der Waals surface area contributed by atoms with Crippen LogP contribution in [0.3, 0.4) is 0 Å². The summed E-state index contributed by atoms with van der Waals surface area (Å²) in [6.45, 7) is 13.8. The van der Waals surface area contributed by atoms with Gasteiger partial charge < -0.3 is 10.2 Å². The molecule has 0 saturated carbocycles. The molecule has 1 saturated heterocycles. The standard InChI is InChI=1S/C15H24N4.C9H11Cl/c1-5-13(6-2)14-12(4)17-10-18-15(14)19-8-7-16-11(3)9-19;1-2-4-8-5-3-6-9(10)7-8/h5,10-11,16H,6-9H2,1-4H3;3,5-7H,2,4H2,1H3/b13-5-;. The number of aryl methyl sites for hydroxylation is 2. The van der Waals surface area contributed by atoms with Crippen LogP contribution in [0, 0.1) is 6.92 Å². The van der Waals surface area contributed by atoms with Gasteiger partial charge in [-0.05, 0) is 56.9 Å². The molecule has 0 bridgehead atoms. The Morgan fingerprint density at radius 1 is 1.31 bits per heavy atom. The zero-order valence-electron chi connectivity index (χ0n) is 18.5. The lowest BCUT2D eigenvalue weighted by Gasteiger charge is -2.34. The largest absolute Gasteiger partial charge is 0.353 e. The molecule has 1 aromatic heterocycles. The Bertz CT molecular complexity index is 803. The van der Waals surface area contributed by atoms with Crippen molar-refractivity contribution in [3.8, 4) is 0 Å². The van der Waals surface area contributed by atoms with Gasteiger partial charge in [0.1, 0.15) is 12.1 Å². The van der Waals surface area contributed by atoms with Crippen molar-refractivity contribution in [2.75, 3.05) is 24.5 Å². The van der Waals surface area contributed by atoms with Gasteiger partial charge in [0.2, 0.25) is 0 Å². The lowest BCUT2D eigenvalue weighted by atomic mass is 10.0. The van der Waals surface area contributed by atoms with Crippen LogP contribution in [0.5, 0.6) is 0 Å². The molecule has 1 aromatic carbocycles. The average molecular weight is 415 g/mol. The number of benzene rings is 1. The second-order valence-electron chi connectivity index (χ2n) is 7.51. The Balaban J connectivity index is 0.000000253. The molecule has 158 valence electrons. The van der Waals surface area contributed by atoms with Crippen molar-refractivity contribution < 1.29 is 0 Å². The van der Waals surface area contributed by atoms with Crippen molar-refractivity contribution in [2.24, 2.45) is 0 Å². The smallest absolute Gasteiger partial charge is 0.139 e. The fourth-order valence-corrected chi connectivity index (χ4v) is 3.92. The summed E-state index contributed by atoms with van der Waals surface area (Å²) in [5.41, 5.74) is 4.96. The van der Waals surface area contributed by atoms with Gasteiger partial charge in [0.25, 0.3) is 0 Å². The van der Waals surface area contributed by atoms with Crippen molar-refractivity contribution in [2.45, 2.75) is 59.9 Å². The highest BCUT2D eigenvalue weighted by Gasteiger charge is 2.21. The summed E-state index contributed by atoms with van der Waals surface area (Å²) in [7, 11) is 0. The minimum Gasteiger partial charge on any atom is -0.353 e. The van der Waals surface area contributed by atoms with Crippen molar-refractivity contribution in [3.63, 3.8) is 0 Å². The van der Waals surface area contributed by atoms with Gasteiger partial charge in [0.15, 0.2) is 0 Å². The van der Waals surface area contributed by atoms with E-state index in [0.717, 1.165) is 49.0 Å². The van der Waals surface area contributed by atoms with E-state index in [1.165, 1.54) is 23.1 Å². The van der Waals surface area contributed by atoms with Gasteiger partial charge in [-0.15, -0.1) is 0 Å². The topological polar surface area (TPSA) is 41.1 Å². The molecule has 1 aliphatic rings. The Morgan fingerprint density at radius 3 is 2.72 bits per heavy atom. The molecule has 2 aromatic rings. The molecule has 29 heavy (non-hydrogen) atoms. The van der Waals surface area contributed by atoms with Crippen LogP contribution >= 0.6 is 11.6 Å². The summed E-state index contributed by atoms with van der Waals surface area (Å²) in [5.74, 6) is 1.09. The predicted molar refractivity (Wildman–Crippen MR) is 126 cm³/mol. The van der Waals surface area contributed by atoms with Crippen molar-refractivity contribution in [1.29, 1.82) is 0 Å². The molecular formula is C24H35ClN4. The number of halogens is 1. The molecule has 1 N–H and O–H groups in total. The Morgan fingerprint density at radius 2 is 2.10 bits per heavy atom. The van der Waals surface area contributed by atoms with Crippen molar-refractivity contribution in [1.82, 2.24) is 15.3 Å². The SMILES string of the molecule is C/C=C(/CC)c1c(C)ncnc1N1CCNC(C)C1.CCCc1cccc(Cl)c1.